The van der Waals surface area contributed by atoms with Crippen molar-refractivity contribution in [2.75, 3.05) is 33.7 Å². The molecule has 0 aromatic heterocycles. The average Bonchev–Trinajstić information content (AvgIpc) is 2.27. The number of primary amides is 2. The molecule has 6 heteroatoms. The Morgan fingerprint density at radius 3 is 1.84 bits per heavy atom. The van der Waals surface area contributed by atoms with Crippen molar-refractivity contribution in [3.63, 3.8) is 0 Å². The van der Waals surface area contributed by atoms with E-state index in [-0.39, 0.29) is 19.1 Å². The molecule has 1 saturated carbocycles. The van der Waals surface area contributed by atoms with Crippen LogP contribution in [0.5, 0.6) is 0 Å². The van der Waals surface area contributed by atoms with Gasteiger partial charge in [-0.25, -0.2) is 0 Å². The Morgan fingerprint density at radius 1 is 1.00 bits per heavy atom. The van der Waals surface area contributed by atoms with E-state index in [9.17, 15) is 9.59 Å². The summed E-state index contributed by atoms with van der Waals surface area (Å²) in [7, 11) is 4.16. The fourth-order valence-corrected chi connectivity index (χ4v) is 2.92. The third-order valence-electron chi connectivity index (χ3n) is 3.67. The standard InChI is InChI=1S/C13H26N4O2/c1-16(2)7-10-3-5-11(6-4-10)17(8-12(14)18)9-13(15)19/h10-11H,3-9H2,1-2H3,(H2,14,18)(H2,15,19)/t10-,11-. The lowest BCUT2D eigenvalue weighted by molar-refractivity contribution is -0.123. The fraction of sp³-hybridized carbons (Fsp3) is 0.846. The molecule has 0 atom stereocenters. The number of nitrogens with zero attached hydrogens (tertiary/aromatic N) is 2. The Labute approximate surface area is 115 Å². The zero-order valence-corrected chi connectivity index (χ0v) is 12.0. The number of hydrogen-bond donors (Lipinski definition) is 2. The number of carbonyl (C=O) groups is 2. The fourth-order valence-electron chi connectivity index (χ4n) is 2.92. The zero-order valence-electron chi connectivity index (χ0n) is 12.0. The highest BCUT2D eigenvalue weighted by atomic mass is 16.2. The van der Waals surface area contributed by atoms with Crippen LogP contribution in [0.4, 0.5) is 0 Å². The van der Waals surface area contributed by atoms with Gasteiger partial charge < -0.3 is 16.4 Å². The Bertz CT molecular complexity index is 296. The summed E-state index contributed by atoms with van der Waals surface area (Å²) in [5.41, 5.74) is 10.5. The van der Waals surface area contributed by atoms with E-state index in [0.29, 0.717) is 5.92 Å². The van der Waals surface area contributed by atoms with Crippen molar-refractivity contribution in [3.05, 3.63) is 0 Å². The van der Waals surface area contributed by atoms with Crippen LogP contribution in [0.25, 0.3) is 0 Å². The highest BCUT2D eigenvalue weighted by Crippen LogP contribution is 2.27. The van der Waals surface area contributed by atoms with Crippen LogP contribution < -0.4 is 11.5 Å². The molecule has 2 amide bonds. The Hall–Kier alpha value is -1.14. The maximum Gasteiger partial charge on any atom is 0.231 e. The van der Waals surface area contributed by atoms with Gasteiger partial charge in [0, 0.05) is 12.6 Å². The highest BCUT2D eigenvalue weighted by molar-refractivity contribution is 5.79. The van der Waals surface area contributed by atoms with Gasteiger partial charge in [0.15, 0.2) is 0 Å². The van der Waals surface area contributed by atoms with Gasteiger partial charge in [0.2, 0.25) is 11.8 Å². The van der Waals surface area contributed by atoms with E-state index in [1.807, 2.05) is 4.90 Å². The number of hydrogen-bond acceptors (Lipinski definition) is 4. The molecule has 6 nitrogen and oxygen atoms in total. The van der Waals surface area contributed by atoms with Crippen molar-refractivity contribution >= 4 is 11.8 Å². The zero-order chi connectivity index (χ0) is 14.4. The first-order chi connectivity index (χ1) is 8.88. The largest absolute Gasteiger partial charge is 0.369 e. The summed E-state index contributed by atoms with van der Waals surface area (Å²) in [5, 5.41) is 0. The first-order valence-electron chi connectivity index (χ1n) is 6.84. The molecule has 0 aromatic rings. The van der Waals surface area contributed by atoms with Gasteiger partial charge in [0.05, 0.1) is 13.1 Å². The summed E-state index contributed by atoms with van der Waals surface area (Å²) in [5.74, 6) is -0.108. The molecule has 0 aliphatic heterocycles. The van der Waals surface area contributed by atoms with E-state index in [1.165, 1.54) is 0 Å². The lowest BCUT2D eigenvalue weighted by atomic mass is 9.85. The first kappa shape index (κ1) is 15.9. The lowest BCUT2D eigenvalue weighted by Crippen LogP contribution is -2.47. The van der Waals surface area contributed by atoms with Gasteiger partial charge in [-0.1, -0.05) is 0 Å². The predicted molar refractivity (Wildman–Crippen MR) is 74.3 cm³/mol. The summed E-state index contributed by atoms with van der Waals surface area (Å²) >= 11 is 0. The molecule has 4 N–H and O–H groups in total. The van der Waals surface area contributed by atoms with Gasteiger partial charge >= 0.3 is 0 Å². The van der Waals surface area contributed by atoms with Crippen LogP contribution in [0.1, 0.15) is 25.7 Å². The van der Waals surface area contributed by atoms with Crippen molar-refractivity contribution in [1.82, 2.24) is 9.80 Å². The molecule has 0 saturated heterocycles. The molecule has 1 aliphatic carbocycles. The monoisotopic (exact) mass is 270 g/mol. The second-order valence-corrected chi connectivity index (χ2v) is 5.77. The summed E-state index contributed by atoms with van der Waals surface area (Å²) in [6, 6.07) is 0.249. The van der Waals surface area contributed by atoms with E-state index in [2.05, 4.69) is 19.0 Å². The molecular weight excluding hydrogens is 244 g/mol. The number of nitrogens with two attached hydrogens (primary N) is 2. The van der Waals surface area contributed by atoms with Crippen LogP contribution in [0.3, 0.4) is 0 Å². The van der Waals surface area contributed by atoms with E-state index < -0.39 is 11.8 Å². The molecule has 0 unspecified atom stereocenters. The Balaban J connectivity index is 2.48. The summed E-state index contributed by atoms with van der Waals surface area (Å²) in [4.78, 5) is 26.2. The van der Waals surface area contributed by atoms with Crippen LogP contribution in [0.2, 0.25) is 0 Å². The van der Waals surface area contributed by atoms with Crippen molar-refractivity contribution < 1.29 is 9.59 Å². The summed E-state index contributed by atoms with van der Waals surface area (Å²) in [6.45, 7) is 1.33. The molecule has 1 aliphatic rings. The quantitative estimate of drug-likeness (QED) is 0.645. The second kappa shape index (κ2) is 7.45. The van der Waals surface area contributed by atoms with Gasteiger partial charge in [0.1, 0.15) is 0 Å². The van der Waals surface area contributed by atoms with Crippen LogP contribution in [-0.4, -0.2) is 61.4 Å². The molecule has 0 heterocycles. The molecule has 19 heavy (non-hydrogen) atoms. The predicted octanol–water partition coefficient (Wildman–Crippen LogP) is -0.621. The number of amides is 2. The van der Waals surface area contributed by atoms with E-state index in [1.54, 1.807) is 0 Å². The van der Waals surface area contributed by atoms with Crippen molar-refractivity contribution in [2.45, 2.75) is 31.7 Å². The van der Waals surface area contributed by atoms with Gasteiger partial charge in [-0.05, 0) is 45.7 Å². The molecule has 110 valence electrons. The van der Waals surface area contributed by atoms with Gasteiger partial charge in [-0.2, -0.15) is 0 Å². The normalized spacial score (nSPS) is 23.8. The summed E-state index contributed by atoms with van der Waals surface area (Å²) in [6.07, 6.45) is 4.24. The second-order valence-electron chi connectivity index (χ2n) is 5.77. The van der Waals surface area contributed by atoms with Crippen LogP contribution >= 0.6 is 0 Å². The molecule has 0 aromatic carbocycles. The molecule has 1 fully saturated rings. The van der Waals surface area contributed by atoms with Crippen molar-refractivity contribution in [1.29, 1.82) is 0 Å². The van der Waals surface area contributed by atoms with Crippen LogP contribution in [0, 0.1) is 5.92 Å². The van der Waals surface area contributed by atoms with Crippen LogP contribution in [-0.2, 0) is 9.59 Å². The molecule has 1 rings (SSSR count). The van der Waals surface area contributed by atoms with Crippen molar-refractivity contribution in [2.24, 2.45) is 17.4 Å². The minimum Gasteiger partial charge on any atom is -0.369 e. The minimum atomic E-state index is -0.406. The maximum atomic E-state index is 11.1. The first-order valence-corrected chi connectivity index (χ1v) is 6.84. The third kappa shape index (κ3) is 6.02. The van der Waals surface area contributed by atoms with Crippen LogP contribution in [0.15, 0.2) is 0 Å². The maximum absolute atomic E-state index is 11.1. The van der Waals surface area contributed by atoms with E-state index >= 15 is 0 Å². The molecule has 0 spiro atoms. The number of carbonyl (C=O) groups excluding carboxylic acids is 2. The molecular formula is C13H26N4O2. The average molecular weight is 270 g/mol. The van der Waals surface area contributed by atoms with Crippen molar-refractivity contribution in [3.8, 4) is 0 Å². The number of rotatable bonds is 7. The minimum absolute atomic E-state index is 0.117. The van der Waals surface area contributed by atoms with E-state index in [0.717, 1.165) is 32.2 Å². The van der Waals surface area contributed by atoms with E-state index in [4.69, 9.17) is 11.5 Å². The lowest BCUT2D eigenvalue weighted by Gasteiger charge is -2.36. The van der Waals surface area contributed by atoms with Gasteiger partial charge in [-0.15, -0.1) is 0 Å². The highest BCUT2D eigenvalue weighted by Gasteiger charge is 2.27. The third-order valence-corrected chi connectivity index (χ3v) is 3.67. The molecule has 0 radical (unpaired) electrons. The Kier molecular flexibility index (Phi) is 6.24. The van der Waals surface area contributed by atoms with Gasteiger partial charge in [0.25, 0.3) is 0 Å². The Morgan fingerprint density at radius 2 is 1.47 bits per heavy atom. The SMILES string of the molecule is CN(C)C[C@H]1CC[C@H](N(CC(N)=O)CC(N)=O)CC1. The topological polar surface area (TPSA) is 92.7 Å². The smallest absolute Gasteiger partial charge is 0.231 e. The van der Waals surface area contributed by atoms with Gasteiger partial charge in [-0.3, -0.25) is 14.5 Å². The molecule has 0 bridgehead atoms. The summed E-state index contributed by atoms with van der Waals surface area (Å²) < 4.78 is 0.